The van der Waals surface area contributed by atoms with E-state index in [-0.39, 0.29) is 6.03 Å². The first-order valence-electron chi connectivity index (χ1n) is 12.2. The number of ether oxygens (including phenoxy) is 2. The molecule has 2 aromatic rings. The highest BCUT2D eigenvalue weighted by Crippen LogP contribution is 2.38. The van der Waals surface area contributed by atoms with Crippen LogP contribution in [0.15, 0.2) is 18.5 Å². The third-order valence-corrected chi connectivity index (χ3v) is 7.62. The van der Waals surface area contributed by atoms with Crippen molar-refractivity contribution in [3.05, 3.63) is 24.2 Å². The summed E-state index contributed by atoms with van der Waals surface area (Å²) in [5.41, 5.74) is 2.24. The first kappa shape index (κ1) is 23.6. The summed E-state index contributed by atoms with van der Waals surface area (Å²) in [7, 11) is 3.27. The summed E-state index contributed by atoms with van der Waals surface area (Å²) in [6, 6.07) is 4.26. The van der Waals surface area contributed by atoms with E-state index in [1.807, 2.05) is 17.0 Å². The molecule has 0 bridgehead atoms. The number of likely N-dealkylation sites (tertiary alicyclic amines) is 1. The van der Waals surface area contributed by atoms with Gasteiger partial charge in [0, 0.05) is 36.5 Å². The Morgan fingerprint density at radius 3 is 2.21 bits per heavy atom. The van der Waals surface area contributed by atoms with Gasteiger partial charge in [0.15, 0.2) is 11.5 Å². The number of amides is 2. The smallest absolute Gasteiger partial charge is 0.317 e. The molecular formula is C26H38N4O3. The number of carbonyl (C=O) groups excluding carboxylic acids is 1. The average Bonchev–Trinajstić information content (AvgIpc) is 2.82. The van der Waals surface area contributed by atoms with Gasteiger partial charge in [0.25, 0.3) is 0 Å². The number of hydrogen-bond acceptors (Lipinski definition) is 5. The zero-order chi connectivity index (χ0) is 23.6. The minimum Gasteiger partial charge on any atom is -0.493 e. The Balaban J connectivity index is 1.36. The van der Waals surface area contributed by atoms with E-state index in [4.69, 9.17) is 9.47 Å². The van der Waals surface area contributed by atoms with Gasteiger partial charge in [-0.25, -0.2) is 14.8 Å². The van der Waals surface area contributed by atoms with Crippen molar-refractivity contribution in [3.63, 3.8) is 0 Å². The van der Waals surface area contributed by atoms with Gasteiger partial charge < -0.3 is 19.7 Å². The zero-order valence-corrected chi connectivity index (χ0v) is 20.7. The number of methoxy groups -OCH3 is 2. The lowest BCUT2D eigenvalue weighted by Crippen LogP contribution is -2.48. The van der Waals surface area contributed by atoms with Gasteiger partial charge in [-0.2, -0.15) is 0 Å². The largest absolute Gasteiger partial charge is 0.493 e. The van der Waals surface area contributed by atoms with Crippen molar-refractivity contribution in [2.45, 2.75) is 71.3 Å². The number of urea groups is 1. The molecule has 0 unspecified atom stereocenters. The fraction of sp³-hybridized carbons (Fsp3) is 0.654. The predicted octanol–water partition coefficient (Wildman–Crippen LogP) is 5.14. The minimum atomic E-state index is 0.0895. The van der Waals surface area contributed by atoms with Gasteiger partial charge >= 0.3 is 6.03 Å². The molecule has 1 aliphatic carbocycles. The number of hydrogen-bond donors (Lipinski definition) is 1. The van der Waals surface area contributed by atoms with Gasteiger partial charge in [-0.15, -0.1) is 0 Å². The van der Waals surface area contributed by atoms with E-state index in [1.165, 1.54) is 12.8 Å². The summed E-state index contributed by atoms with van der Waals surface area (Å²) in [6.07, 6.45) is 7.98. The van der Waals surface area contributed by atoms with Crippen LogP contribution in [0.4, 0.5) is 4.79 Å². The van der Waals surface area contributed by atoms with Crippen LogP contribution in [0, 0.1) is 11.3 Å². The van der Waals surface area contributed by atoms with Crippen LogP contribution in [-0.4, -0.2) is 54.2 Å². The SMILES string of the molecule is COc1cc2ncnc(C3CCN(C(=O)NC4CCC(C(C)(C)C)CC4)CC3)c2cc1OC. The second-order valence-electron chi connectivity index (χ2n) is 10.6. The van der Waals surface area contributed by atoms with Crippen LogP contribution in [0.25, 0.3) is 10.9 Å². The molecule has 4 rings (SSSR count). The lowest BCUT2D eigenvalue weighted by molar-refractivity contribution is 0.148. The van der Waals surface area contributed by atoms with Crippen LogP contribution in [-0.2, 0) is 0 Å². The van der Waals surface area contributed by atoms with Crippen LogP contribution in [0.3, 0.4) is 0 Å². The molecule has 2 fully saturated rings. The van der Waals surface area contributed by atoms with E-state index in [9.17, 15) is 4.79 Å². The quantitative estimate of drug-likeness (QED) is 0.692. The standard InChI is InChI=1S/C26H38N4O3/c1-26(2,3)18-6-8-19(9-7-18)29-25(31)30-12-10-17(11-13-30)24-20-14-22(32-4)23(33-5)15-21(20)27-16-28-24/h14-19H,6-13H2,1-5H3,(H,29,31). The minimum absolute atomic E-state index is 0.0895. The molecule has 0 spiro atoms. The topological polar surface area (TPSA) is 76.6 Å². The molecule has 0 radical (unpaired) electrons. The zero-order valence-electron chi connectivity index (χ0n) is 20.7. The van der Waals surface area contributed by atoms with Gasteiger partial charge in [0.05, 0.1) is 25.4 Å². The Hall–Kier alpha value is -2.57. The third-order valence-electron chi connectivity index (χ3n) is 7.62. The molecule has 1 aliphatic heterocycles. The molecule has 1 aromatic carbocycles. The lowest BCUT2D eigenvalue weighted by atomic mass is 9.71. The molecule has 2 amide bonds. The Morgan fingerprint density at radius 1 is 0.970 bits per heavy atom. The summed E-state index contributed by atoms with van der Waals surface area (Å²) >= 11 is 0. The van der Waals surface area contributed by atoms with Crippen LogP contribution in [0.2, 0.25) is 0 Å². The molecule has 1 N–H and O–H groups in total. The average molecular weight is 455 g/mol. The molecule has 180 valence electrons. The summed E-state index contributed by atoms with van der Waals surface area (Å²) < 4.78 is 10.9. The van der Waals surface area contributed by atoms with Crippen LogP contribution < -0.4 is 14.8 Å². The van der Waals surface area contributed by atoms with Gasteiger partial charge in [0.1, 0.15) is 6.33 Å². The number of carbonyl (C=O) groups is 1. The highest BCUT2D eigenvalue weighted by atomic mass is 16.5. The fourth-order valence-electron chi connectivity index (χ4n) is 5.45. The molecule has 1 saturated heterocycles. The summed E-state index contributed by atoms with van der Waals surface area (Å²) in [5, 5.41) is 4.30. The van der Waals surface area contributed by atoms with Crippen molar-refractivity contribution < 1.29 is 14.3 Å². The first-order chi connectivity index (χ1) is 15.8. The van der Waals surface area contributed by atoms with Crippen molar-refractivity contribution in [1.29, 1.82) is 0 Å². The molecule has 1 saturated carbocycles. The second kappa shape index (κ2) is 9.74. The van der Waals surface area contributed by atoms with Crippen molar-refractivity contribution in [1.82, 2.24) is 20.2 Å². The number of piperidine rings is 1. The Labute approximate surface area is 197 Å². The van der Waals surface area contributed by atoms with Crippen molar-refractivity contribution >= 4 is 16.9 Å². The number of nitrogens with one attached hydrogen (secondary N) is 1. The fourth-order valence-corrected chi connectivity index (χ4v) is 5.45. The molecule has 0 atom stereocenters. The maximum atomic E-state index is 12.9. The molecule has 7 heteroatoms. The lowest BCUT2D eigenvalue weighted by Gasteiger charge is -2.38. The summed E-state index contributed by atoms with van der Waals surface area (Å²) in [6.45, 7) is 8.47. The molecular weight excluding hydrogens is 416 g/mol. The van der Waals surface area contributed by atoms with Crippen molar-refractivity contribution in [2.24, 2.45) is 11.3 Å². The molecule has 1 aromatic heterocycles. The predicted molar refractivity (Wildman–Crippen MR) is 130 cm³/mol. The Morgan fingerprint density at radius 2 is 1.61 bits per heavy atom. The van der Waals surface area contributed by atoms with Gasteiger partial charge in [-0.3, -0.25) is 0 Å². The maximum absolute atomic E-state index is 12.9. The van der Waals surface area contributed by atoms with E-state index >= 15 is 0 Å². The normalized spacial score (nSPS) is 22.3. The first-order valence-corrected chi connectivity index (χ1v) is 12.2. The molecule has 7 nitrogen and oxygen atoms in total. The van der Waals surface area contributed by atoms with Crippen LogP contribution >= 0.6 is 0 Å². The number of benzene rings is 1. The van der Waals surface area contributed by atoms with E-state index < -0.39 is 0 Å². The van der Waals surface area contributed by atoms with E-state index in [0.29, 0.717) is 28.9 Å². The molecule has 2 aliphatic rings. The van der Waals surface area contributed by atoms with Crippen molar-refractivity contribution in [3.8, 4) is 11.5 Å². The van der Waals surface area contributed by atoms with Gasteiger partial charge in [-0.05, 0) is 55.9 Å². The molecule has 2 heterocycles. The maximum Gasteiger partial charge on any atom is 0.317 e. The second-order valence-corrected chi connectivity index (χ2v) is 10.6. The van der Waals surface area contributed by atoms with Gasteiger partial charge in [-0.1, -0.05) is 20.8 Å². The Bertz CT molecular complexity index is 971. The third kappa shape index (κ3) is 5.17. The molecule has 33 heavy (non-hydrogen) atoms. The highest BCUT2D eigenvalue weighted by molar-refractivity contribution is 5.85. The summed E-state index contributed by atoms with van der Waals surface area (Å²) in [4.78, 5) is 23.9. The van der Waals surface area contributed by atoms with E-state index in [2.05, 4.69) is 36.1 Å². The monoisotopic (exact) mass is 454 g/mol. The van der Waals surface area contributed by atoms with Gasteiger partial charge in [0.2, 0.25) is 0 Å². The Kier molecular flexibility index (Phi) is 6.96. The van der Waals surface area contributed by atoms with Crippen LogP contribution in [0.1, 0.15) is 70.9 Å². The van der Waals surface area contributed by atoms with E-state index in [0.717, 1.165) is 61.3 Å². The highest BCUT2D eigenvalue weighted by Gasteiger charge is 2.32. The van der Waals surface area contributed by atoms with Crippen LogP contribution in [0.5, 0.6) is 11.5 Å². The number of rotatable bonds is 4. The number of nitrogens with zero attached hydrogens (tertiary/aromatic N) is 3. The number of fused-ring (bicyclic) bond motifs is 1. The number of aromatic nitrogens is 2. The summed E-state index contributed by atoms with van der Waals surface area (Å²) in [5.74, 6) is 2.39. The van der Waals surface area contributed by atoms with E-state index in [1.54, 1.807) is 20.5 Å². The van der Waals surface area contributed by atoms with Crippen molar-refractivity contribution in [2.75, 3.05) is 27.3 Å².